The Balaban J connectivity index is 1.13. The van der Waals surface area contributed by atoms with Gasteiger partial charge in [0.1, 0.15) is 51.2 Å². The molecule has 180 valence electrons. The number of amides is 2. The molecule has 0 aliphatic carbocycles. The first-order chi connectivity index (χ1) is 16.0. The summed E-state index contributed by atoms with van der Waals surface area (Å²) in [6, 6.07) is 5.18. The molecule has 4 heterocycles. The van der Waals surface area contributed by atoms with Gasteiger partial charge in [0.2, 0.25) is 0 Å². The van der Waals surface area contributed by atoms with E-state index >= 15 is 0 Å². The van der Waals surface area contributed by atoms with Crippen LogP contribution in [0.2, 0.25) is 0 Å². The largest absolute Gasteiger partial charge is 0.447 e. The fourth-order valence-electron chi connectivity index (χ4n) is 4.34. The fourth-order valence-corrected chi connectivity index (χ4v) is 4.34. The van der Waals surface area contributed by atoms with E-state index in [1.807, 2.05) is 16.7 Å². The summed E-state index contributed by atoms with van der Waals surface area (Å²) in [4.78, 5) is 28.8. The number of nitrogens with one attached hydrogen (secondary N) is 2. The second-order valence-electron chi connectivity index (χ2n) is 8.87. The van der Waals surface area contributed by atoms with Gasteiger partial charge in [-0.1, -0.05) is 6.07 Å². The zero-order valence-corrected chi connectivity index (χ0v) is 18.5. The molecular formula is C21H28N4O8. The van der Waals surface area contributed by atoms with Crippen LogP contribution in [0.5, 0.6) is 0 Å². The minimum Gasteiger partial charge on any atom is -0.447 e. The maximum absolute atomic E-state index is 12.4. The number of rotatable bonds is 6. The number of aryl methyl sites for hydroxylation is 1. The van der Waals surface area contributed by atoms with Gasteiger partial charge in [-0.25, -0.2) is 19.4 Å². The number of fused-ring (bicyclic) bond motifs is 2. The number of nitrogens with zero attached hydrogens (tertiary/aromatic N) is 2. The van der Waals surface area contributed by atoms with Crippen molar-refractivity contribution in [2.45, 2.75) is 18.0 Å². The molecule has 0 radical (unpaired) electrons. The van der Waals surface area contributed by atoms with E-state index in [-0.39, 0.29) is 13.2 Å². The lowest BCUT2D eigenvalue weighted by Gasteiger charge is -2.26. The Morgan fingerprint density at radius 3 is 1.85 bits per heavy atom. The molecule has 12 heteroatoms. The van der Waals surface area contributed by atoms with Gasteiger partial charge < -0.3 is 28.4 Å². The number of carbonyl (C=O) groups is 2. The van der Waals surface area contributed by atoms with Crippen LogP contribution in [-0.2, 0) is 28.4 Å². The quantitative estimate of drug-likeness (QED) is 0.634. The van der Waals surface area contributed by atoms with Crippen LogP contribution in [0.1, 0.15) is 5.56 Å². The second kappa shape index (κ2) is 9.05. The topological polar surface area (TPSA) is 120 Å². The van der Waals surface area contributed by atoms with Gasteiger partial charge in [0.25, 0.3) is 0 Å². The van der Waals surface area contributed by atoms with Crippen LogP contribution in [0, 0.1) is 6.92 Å². The van der Waals surface area contributed by atoms with Gasteiger partial charge in [-0.2, -0.15) is 0 Å². The van der Waals surface area contributed by atoms with Crippen LogP contribution in [0.4, 0.5) is 21.0 Å². The average molecular weight is 464 g/mol. The third kappa shape index (κ3) is 4.50. The molecule has 1 aromatic carbocycles. The summed E-state index contributed by atoms with van der Waals surface area (Å²) < 4.78 is 32.8. The van der Waals surface area contributed by atoms with Crippen molar-refractivity contribution in [3.63, 3.8) is 0 Å². The molecule has 0 bridgehead atoms. The van der Waals surface area contributed by atoms with E-state index in [9.17, 15) is 9.59 Å². The molecule has 12 nitrogen and oxygen atoms in total. The fraction of sp³-hybridized carbons (Fsp3) is 0.619. The number of hydrogen-bond donors (Lipinski definition) is 2. The van der Waals surface area contributed by atoms with Crippen molar-refractivity contribution in [3.8, 4) is 0 Å². The van der Waals surface area contributed by atoms with Crippen molar-refractivity contribution in [1.82, 2.24) is 9.80 Å². The van der Waals surface area contributed by atoms with Crippen molar-refractivity contribution in [2.24, 2.45) is 0 Å². The monoisotopic (exact) mass is 464 g/mol. The Labute approximate surface area is 191 Å². The highest BCUT2D eigenvalue weighted by Crippen LogP contribution is 2.30. The maximum atomic E-state index is 12.4. The first-order valence-electron chi connectivity index (χ1n) is 10.8. The van der Waals surface area contributed by atoms with Crippen molar-refractivity contribution >= 4 is 23.6 Å². The van der Waals surface area contributed by atoms with E-state index in [4.69, 9.17) is 28.4 Å². The molecule has 4 fully saturated rings. The zero-order chi connectivity index (χ0) is 22.9. The Bertz CT molecular complexity index is 892. The van der Waals surface area contributed by atoms with E-state index in [0.717, 1.165) is 5.56 Å². The standard InChI is InChI=1S/C21H28N4O8/c1-15-2-3-16(22-18(26)32-9-20-5-28-11-24(20)12-29-6-20)4-17(15)23-19(27)33-10-21-7-30-13-25(21)14-31-8-21/h2-4H,5-14H2,1H3,(H,22,26)(H,23,27). The van der Waals surface area contributed by atoms with E-state index in [2.05, 4.69) is 10.6 Å². The van der Waals surface area contributed by atoms with E-state index in [1.54, 1.807) is 18.2 Å². The summed E-state index contributed by atoms with van der Waals surface area (Å²) >= 11 is 0. The van der Waals surface area contributed by atoms with Crippen LogP contribution in [0.3, 0.4) is 0 Å². The highest BCUT2D eigenvalue weighted by atomic mass is 16.6. The van der Waals surface area contributed by atoms with Crippen molar-refractivity contribution < 1.29 is 38.0 Å². The van der Waals surface area contributed by atoms with Crippen molar-refractivity contribution in [3.05, 3.63) is 23.8 Å². The normalized spacial score (nSPS) is 23.2. The lowest BCUT2D eigenvalue weighted by atomic mass is 10.0. The first-order valence-corrected chi connectivity index (χ1v) is 10.8. The van der Waals surface area contributed by atoms with Gasteiger partial charge in [-0.15, -0.1) is 0 Å². The molecule has 0 saturated carbocycles. The third-order valence-corrected chi connectivity index (χ3v) is 6.48. The van der Waals surface area contributed by atoms with Gasteiger partial charge in [-0.05, 0) is 24.6 Å². The van der Waals surface area contributed by atoms with Gasteiger partial charge in [0, 0.05) is 11.4 Å². The maximum Gasteiger partial charge on any atom is 0.411 e. The lowest BCUT2D eigenvalue weighted by molar-refractivity contribution is 0.0688. The highest BCUT2D eigenvalue weighted by molar-refractivity contribution is 5.89. The number of benzene rings is 1. The predicted molar refractivity (Wildman–Crippen MR) is 114 cm³/mol. The number of carbonyl (C=O) groups excluding carboxylic acids is 2. The molecule has 2 N–H and O–H groups in total. The van der Waals surface area contributed by atoms with Gasteiger partial charge in [-0.3, -0.25) is 10.6 Å². The van der Waals surface area contributed by atoms with E-state index in [1.165, 1.54) is 0 Å². The molecule has 1 aromatic rings. The highest BCUT2D eigenvalue weighted by Gasteiger charge is 2.48. The predicted octanol–water partition coefficient (Wildman–Crippen LogP) is 1.12. The summed E-state index contributed by atoms with van der Waals surface area (Å²) in [7, 11) is 0. The summed E-state index contributed by atoms with van der Waals surface area (Å²) in [5.41, 5.74) is 0.975. The van der Waals surface area contributed by atoms with E-state index in [0.29, 0.717) is 64.7 Å². The molecular weight excluding hydrogens is 436 g/mol. The van der Waals surface area contributed by atoms with Crippen LogP contribution < -0.4 is 10.6 Å². The Hall–Kier alpha value is -2.48. The van der Waals surface area contributed by atoms with Gasteiger partial charge in [0.15, 0.2) is 0 Å². The molecule has 4 aliphatic heterocycles. The summed E-state index contributed by atoms with van der Waals surface area (Å²) in [6.07, 6.45) is -1.19. The molecule has 0 unspecified atom stereocenters. The first kappa shape index (κ1) is 22.3. The molecule has 0 atom stereocenters. The SMILES string of the molecule is Cc1ccc(NC(=O)OCC23COCN2COC3)cc1NC(=O)OCC12COCN1COC2. The Morgan fingerprint density at radius 1 is 0.848 bits per heavy atom. The van der Waals surface area contributed by atoms with Gasteiger partial charge in [0.05, 0.1) is 26.4 Å². The smallest absolute Gasteiger partial charge is 0.411 e. The molecule has 5 rings (SSSR count). The average Bonchev–Trinajstić information content (AvgIpc) is 3.53. The van der Waals surface area contributed by atoms with Crippen molar-refractivity contribution in [2.75, 3.05) is 77.2 Å². The molecule has 0 aromatic heterocycles. The van der Waals surface area contributed by atoms with E-state index < -0.39 is 23.3 Å². The van der Waals surface area contributed by atoms with Crippen molar-refractivity contribution in [1.29, 1.82) is 0 Å². The minimum absolute atomic E-state index is 0.161. The third-order valence-electron chi connectivity index (χ3n) is 6.48. The summed E-state index contributed by atoms with van der Waals surface area (Å²) in [5.74, 6) is 0. The number of hydrogen-bond acceptors (Lipinski definition) is 10. The van der Waals surface area contributed by atoms with Crippen LogP contribution in [0.15, 0.2) is 18.2 Å². The lowest BCUT2D eigenvalue weighted by Crippen LogP contribution is -2.48. The van der Waals surface area contributed by atoms with Crippen LogP contribution >= 0.6 is 0 Å². The second-order valence-corrected chi connectivity index (χ2v) is 8.87. The summed E-state index contributed by atoms with van der Waals surface area (Å²) in [5, 5.41) is 5.43. The molecule has 4 aliphatic rings. The van der Waals surface area contributed by atoms with Crippen LogP contribution in [0.25, 0.3) is 0 Å². The number of anilines is 2. The van der Waals surface area contributed by atoms with Gasteiger partial charge >= 0.3 is 12.2 Å². The molecule has 0 spiro atoms. The molecule has 2 amide bonds. The summed E-state index contributed by atoms with van der Waals surface area (Å²) in [6.45, 7) is 5.86. The minimum atomic E-state index is -0.595. The van der Waals surface area contributed by atoms with Crippen LogP contribution in [-0.4, -0.2) is 99.6 Å². The molecule has 4 saturated heterocycles. The Kier molecular flexibility index (Phi) is 6.12. The number of ether oxygens (including phenoxy) is 6. The zero-order valence-electron chi connectivity index (χ0n) is 18.5. The Morgan fingerprint density at radius 2 is 1.33 bits per heavy atom. The molecule has 33 heavy (non-hydrogen) atoms.